The van der Waals surface area contributed by atoms with Crippen LogP contribution in [-0.4, -0.2) is 35.3 Å². The van der Waals surface area contributed by atoms with E-state index in [1.807, 2.05) is 14.0 Å². The highest BCUT2D eigenvalue weighted by molar-refractivity contribution is 5.56. The van der Waals surface area contributed by atoms with Gasteiger partial charge in [-0.15, -0.1) is 0 Å². The number of aliphatic hydroxyl groups is 1. The highest BCUT2D eigenvalue weighted by atomic mass is 16.3. The predicted octanol–water partition coefficient (Wildman–Crippen LogP) is 0.133. The molecule has 0 amide bonds. The van der Waals surface area contributed by atoms with Crippen molar-refractivity contribution in [2.24, 2.45) is 0 Å². The second-order valence-corrected chi connectivity index (χ2v) is 3.54. The third-order valence-electron chi connectivity index (χ3n) is 2.41. The van der Waals surface area contributed by atoms with Crippen LogP contribution in [-0.2, 0) is 0 Å². The molecule has 16 heavy (non-hydrogen) atoms. The monoisotopic (exact) mass is 225 g/mol. The number of aromatic nitrogens is 2. The maximum absolute atomic E-state index is 8.71. The van der Waals surface area contributed by atoms with E-state index in [0.717, 1.165) is 11.4 Å². The second-order valence-electron chi connectivity index (χ2n) is 3.54. The van der Waals surface area contributed by atoms with Gasteiger partial charge in [0.15, 0.2) is 0 Å². The van der Waals surface area contributed by atoms with E-state index in [1.165, 1.54) is 6.33 Å². The number of nitrogen functional groups attached to an aromatic ring is 1. The summed E-state index contributed by atoms with van der Waals surface area (Å²) in [5, 5.41) is 15.0. The van der Waals surface area contributed by atoms with E-state index in [0.29, 0.717) is 18.8 Å². The zero-order chi connectivity index (χ0) is 12.0. The maximum Gasteiger partial charge on any atom is 0.136 e. The van der Waals surface area contributed by atoms with Crippen molar-refractivity contribution in [3.05, 3.63) is 11.9 Å². The number of nitrogens with one attached hydrogen (secondary N) is 2. The van der Waals surface area contributed by atoms with Crippen molar-refractivity contribution in [3.8, 4) is 0 Å². The van der Waals surface area contributed by atoms with Gasteiger partial charge in [0.1, 0.15) is 18.0 Å². The van der Waals surface area contributed by atoms with E-state index in [9.17, 15) is 0 Å². The van der Waals surface area contributed by atoms with Crippen LogP contribution in [0, 0.1) is 0 Å². The smallest absolute Gasteiger partial charge is 0.136 e. The first-order valence-corrected chi connectivity index (χ1v) is 5.33. The lowest BCUT2D eigenvalue weighted by atomic mass is 10.1. The molecular weight excluding hydrogens is 206 g/mol. The van der Waals surface area contributed by atoms with Crippen molar-refractivity contribution >= 4 is 11.6 Å². The summed E-state index contributed by atoms with van der Waals surface area (Å²) in [6.45, 7) is 2.81. The number of aliphatic hydroxyl groups excluding tert-OH is 1. The number of hydrogen-bond donors (Lipinski definition) is 4. The molecule has 0 saturated heterocycles. The molecule has 1 rings (SSSR count). The molecule has 0 fully saturated rings. The minimum atomic E-state index is 0.0813. The Morgan fingerprint density at radius 1 is 1.50 bits per heavy atom. The third kappa shape index (κ3) is 3.04. The van der Waals surface area contributed by atoms with Crippen LogP contribution in [0.15, 0.2) is 6.33 Å². The van der Waals surface area contributed by atoms with Gasteiger partial charge < -0.3 is 21.5 Å². The van der Waals surface area contributed by atoms with Crippen LogP contribution in [0.25, 0.3) is 0 Å². The highest BCUT2D eigenvalue weighted by Crippen LogP contribution is 2.24. The molecule has 0 aromatic carbocycles. The second kappa shape index (κ2) is 6.24. The molecule has 0 radical (unpaired) electrons. The van der Waals surface area contributed by atoms with E-state index in [1.54, 1.807) is 0 Å². The van der Waals surface area contributed by atoms with Crippen LogP contribution in [0.4, 0.5) is 11.6 Å². The molecule has 6 nitrogen and oxygen atoms in total. The van der Waals surface area contributed by atoms with Crippen LogP contribution in [0.3, 0.4) is 0 Å². The van der Waals surface area contributed by atoms with Crippen LogP contribution in [0.2, 0.25) is 0 Å². The minimum Gasteiger partial charge on any atom is -0.396 e. The van der Waals surface area contributed by atoms with Crippen LogP contribution in [0.1, 0.15) is 24.9 Å². The van der Waals surface area contributed by atoms with Gasteiger partial charge in [0.2, 0.25) is 0 Å². The summed E-state index contributed by atoms with van der Waals surface area (Å²) < 4.78 is 0. The summed E-state index contributed by atoms with van der Waals surface area (Å²) in [5.41, 5.74) is 6.69. The van der Waals surface area contributed by atoms with Gasteiger partial charge in [-0.1, -0.05) is 0 Å². The third-order valence-corrected chi connectivity index (χ3v) is 2.41. The summed E-state index contributed by atoms with van der Waals surface area (Å²) >= 11 is 0. The van der Waals surface area contributed by atoms with Crippen LogP contribution in [0.5, 0.6) is 0 Å². The fourth-order valence-electron chi connectivity index (χ4n) is 1.41. The average molecular weight is 225 g/mol. The Labute approximate surface area is 95.3 Å². The molecule has 6 heteroatoms. The van der Waals surface area contributed by atoms with E-state index < -0.39 is 0 Å². The Bertz CT molecular complexity index is 331. The standard InChI is InChI=1S/C10H19N5O/c1-7(12-2)8-9(11)14-6-15-10(8)13-4-3-5-16/h6-7,12,16H,3-5H2,1-2H3,(H3,11,13,14,15). The lowest BCUT2D eigenvalue weighted by Gasteiger charge is -2.17. The number of anilines is 2. The SMILES string of the molecule is CNC(C)c1c(N)ncnc1NCCCO. The Hall–Kier alpha value is -1.40. The quantitative estimate of drug-likeness (QED) is 0.514. The topological polar surface area (TPSA) is 96.1 Å². The molecule has 1 heterocycles. The summed E-state index contributed by atoms with van der Waals surface area (Å²) in [5.74, 6) is 1.20. The van der Waals surface area contributed by atoms with Gasteiger partial charge in [0.25, 0.3) is 0 Å². The van der Waals surface area contributed by atoms with Gasteiger partial charge in [-0.2, -0.15) is 0 Å². The lowest BCUT2D eigenvalue weighted by Crippen LogP contribution is -2.19. The summed E-state index contributed by atoms with van der Waals surface area (Å²) in [6.07, 6.45) is 2.11. The zero-order valence-electron chi connectivity index (χ0n) is 9.70. The van der Waals surface area contributed by atoms with Crippen molar-refractivity contribution in [1.82, 2.24) is 15.3 Å². The first-order valence-electron chi connectivity index (χ1n) is 5.33. The Kier molecular flexibility index (Phi) is 4.94. The molecule has 1 aromatic rings. The molecule has 0 bridgehead atoms. The molecule has 90 valence electrons. The van der Waals surface area contributed by atoms with Crippen molar-refractivity contribution < 1.29 is 5.11 Å². The molecule has 1 atom stereocenters. The first kappa shape index (κ1) is 12.7. The van der Waals surface area contributed by atoms with E-state index in [4.69, 9.17) is 10.8 Å². The normalized spacial score (nSPS) is 12.4. The lowest BCUT2D eigenvalue weighted by molar-refractivity contribution is 0.292. The molecule has 5 N–H and O–H groups in total. The molecule has 0 aliphatic rings. The van der Waals surface area contributed by atoms with Gasteiger partial charge in [-0.05, 0) is 20.4 Å². The number of hydrogen-bond acceptors (Lipinski definition) is 6. The van der Waals surface area contributed by atoms with Crippen LogP contribution < -0.4 is 16.4 Å². The predicted molar refractivity (Wildman–Crippen MR) is 64.1 cm³/mol. The van der Waals surface area contributed by atoms with Crippen molar-refractivity contribution in [1.29, 1.82) is 0 Å². The van der Waals surface area contributed by atoms with Crippen LogP contribution >= 0.6 is 0 Å². The summed E-state index contributed by atoms with van der Waals surface area (Å²) in [6, 6.07) is 0.0813. The molecule has 0 aliphatic carbocycles. The van der Waals surface area contributed by atoms with Crippen molar-refractivity contribution in [2.75, 3.05) is 31.2 Å². The molecule has 0 saturated carbocycles. The van der Waals surface area contributed by atoms with Gasteiger partial charge >= 0.3 is 0 Å². The number of rotatable bonds is 6. The van der Waals surface area contributed by atoms with E-state index in [-0.39, 0.29) is 12.6 Å². The Morgan fingerprint density at radius 3 is 2.88 bits per heavy atom. The Morgan fingerprint density at radius 2 is 2.25 bits per heavy atom. The fourth-order valence-corrected chi connectivity index (χ4v) is 1.41. The number of nitrogens with two attached hydrogens (primary N) is 1. The van der Waals surface area contributed by atoms with Gasteiger partial charge in [0.05, 0.1) is 5.56 Å². The molecule has 1 aromatic heterocycles. The highest BCUT2D eigenvalue weighted by Gasteiger charge is 2.14. The zero-order valence-corrected chi connectivity index (χ0v) is 9.70. The molecule has 0 spiro atoms. The fraction of sp³-hybridized carbons (Fsp3) is 0.600. The van der Waals surface area contributed by atoms with Crippen molar-refractivity contribution in [3.63, 3.8) is 0 Å². The largest absolute Gasteiger partial charge is 0.396 e. The maximum atomic E-state index is 8.71. The number of nitrogens with zero attached hydrogens (tertiary/aromatic N) is 2. The van der Waals surface area contributed by atoms with E-state index >= 15 is 0 Å². The first-order chi connectivity index (χ1) is 7.70. The molecular formula is C10H19N5O. The Balaban J connectivity index is 2.85. The molecule has 0 aliphatic heterocycles. The summed E-state index contributed by atoms with van der Waals surface area (Å²) in [7, 11) is 1.86. The van der Waals surface area contributed by atoms with Gasteiger partial charge in [0, 0.05) is 19.2 Å². The van der Waals surface area contributed by atoms with E-state index in [2.05, 4.69) is 20.6 Å². The van der Waals surface area contributed by atoms with Gasteiger partial charge in [-0.3, -0.25) is 0 Å². The van der Waals surface area contributed by atoms with Gasteiger partial charge in [-0.25, -0.2) is 9.97 Å². The average Bonchev–Trinajstić information content (AvgIpc) is 2.29. The van der Waals surface area contributed by atoms with Crippen molar-refractivity contribution in [2.45, 2.75) is 19.4 Å². The molecule has 1 unspecified atom stereocenters. The summed E-state index contributed by atoms with van der Waals surface area (Å²) in [4.78, 5) is 8.13. The minimum absolute atomic E-state index is 0.0813.